The van der Waals surface area contributed by atoms with E-state index in [9.17, 15) is 4.79 Å². The maximum absolute atomic E-state index is 15.4. The zero-order valence-electron chi connectivity index (χ0n) is 15.9. The van der Waals surface area contributed by atoms with Crippen LogP contribution in [-0.4, -0.2) is 41.9 Å². The van der Waals surface area contributed by atoms with Gasteiger partial charge in [0.1, 0.15) is 11.5 Å². The van der Waals surface area contributed by atoms with Crippen molar-refractivity contribution in [2.24, 2.45) is 5.84 Å². The highest BCUT2D eigenvalue weighted by Crippen LogP contribution is 2.38. The number of hydrazine groups is 1. The van der Waals surface area contributed by atoms with E-state index in [1.807, 2.05) is 6.92 Å². The van der Waals surface area contributed by atoms with Crippen LogP contribution in [0.3, 0.4) is 0 Å². The van der Waals surface area contributed by atoms with Gasteiger partial charge in [0.25, 0.3) is 5.91 Å². The monoisotopic (exact) mass is 384 g/mol. The van der Waals surface area contributed by atoms with Crippen LogP contribution in [0.4, 0.5) is 4.39 Å². The number of carbonyl (C=O) groups is 1. The first-order valence-electron chi connectivity index (χ1n) is 8.75. The van der Waals surface area contributed by atoms with Crippen molar-refractivity contribution in [3.05, 3.63) is 47.9 Å². The number of halogens is 1. The molecule has 0 unspecified atom stereocenters. The average Bonchev–Trinajstić information content (AvgIpc) is 2.72. The number of ether oxygens (including phenoxy) is 2. The molecule has 2 N–H and O–H groups in total. The normalized spacial score (nSPS) is 10.8. The van der Waals surface area contributed by atoms with Crippen LogP contribution < -0.4 is 15.3 Å². The molecule has 8 heteroatoms. The van der Waals surface area contributed by atoms with Gasteiger partial charge in [0.05, 0.1) is 19.7 Å². The minimum Gasteiger partial charge on any atom is -0.497 e. The van der Waals surface area contributed by atoms with Crippen LogP contribution in [0, 0.1) is 5.82 Å². The second kappa shape index (κ2) is 8.18. The molecule has 3 aromatic rings. The SMILES string of the molecule is CCCN(N)C(=O)c1nnc2cccc(-c3ccc(OC)cc3OC)c2c1F. The van der Waals surface area contributed by atoms with E-state index in [1.165, 1.54) is 7.11 Å². The van der Waals surface area contributed by atoms with Crippen LogP contribution in [-0.2, 0) is 0 Å². The molecule has 0 spiro atoms. The number of carbonyl (C=O) groups excluding carboxylic acids is 1. The number of amides is 1. The molecule has 146 valence electrons. The van der Waals surface area contributed by atoms with Gasteiger partial charge in [0, 0.05) is 23.6 Å². The number of hydrogen-bond donors (Lipinski definition) is 1. The Kier molecular flexibility index (Phi) is 5.70. The van der Waals surface area contributed by atoms with E-state index in [2.05, 4.69) is 10.2 Å². The molecule has 7 nitrogen and oxygen atoms in total. The Morgan fingerprint density at radius 1 is 1.14 bits per heavy atom. The molecule has 1 aromatic heterocycles. The fourth-order valence-electron chi connectivity index (χ4n) is 2.98. The van der Waals surface area contributed by atoms with Crippen molar-refractivity contribution < 1.29 is 18.7 Å². The molecule has 0 saturated heterocycles. The molecular weight excluding hydrogens is 363 g/mol. The largest absolute Gasteiger partial charge is 0.497 e. The zero-order valence-corrected chi connectivity index (χ0v) is 15.9. The summed E-state index contributed by atoms with van der Waals surface area (Å²) in [5.74, 6) is 5.34. The van der Waals surface area contributed by atoms with Crippen LogP contribution in [0.25, 0.3) is 22.0 Å². The van der Waals surface area contributed by atoms with Gasteiger partial charge in [-0.05, 0) is 30.2 Å². The van der Waals surface area contributed by atoms with Gasteiger partial charge in [-0.2, -0.15) is 0 Å². The van der Waals surface area contributed by atoms with Crippen molar-refractivity contribution in [3.8, 4) is 22.6 Å². The Bertz CT molecular complexity index is 1030. The molecule has 0 radical (unpaired) electrons. The molecule has 0 fully saturated rings. The Morgan fingerprint density at radius 3 is 2.61 bits per heavy atom. The maximum atomic E-state index is 15.4. The lowest BCUT2D eigenvalue weighted by molar-refractivity contribution is 0.0743. The third-order valence-electron chi connectivity index (χ3n) is 4.35. The molecule has 0 aliphatic rings. The average molecular weight is 384 g/mol. The van der Waals surface area contributed by atoms with Crippen LogP contribution in [0.5, 0.6) is 11.5 Å². The van der Waals surface area contributed by atoms with Crippen molar-refractivity contribution in [3.63, 3.8) is 0 Å². The first kappa shape index (κ1) is 19.5. The predicted molar refractivity (Wildman–Crippen MR) is 104 cm³/mol. The molecular formula is C20H21FN4O3. The van der Waals surface area contributed by atoms with Crippen molar-refractivity contribution >= 4 is 16.8 Å². The van der Waals surface area contributed by atoms with Gasteiger partial charge in [0.2, 0.25) is 0 Å². The first-order valence-corrected chi connectivity index (χ1v) is 8.75. The van der Waals surface area contributed by atoms with E-state index in [1.54, 1.807) is 43.5 Å². The number of aromatic nitrogens is 2. The molecule has 0 atom stereocenters. The van der Waals surface area contributed by atoms with Crippen LogP contribution in [0.1, 0.15) is 23.8 Å². The summed E-state index contributed by atoms with van der Waals surface area (Å²) in [6, 6.07) is 10.3. The Hall–Kier alpha value is -3.26. The van der Waals surface area contributed by atoms with Crippen LogP contribution in [0.2, 0.25) is 0 Å². The summed E-state index contributed by atoms with van der Waals surface area (Å²) in [5.41, 5.74) is 1.07. The third-order valence-corrected chi connectivity index (χ3v) is 4.35. The quantitative estimate of drug-likeness (QED) is 0.399. The van der Waals surface area contributed by atoms with E-state index in [4.69, 9.17) is 15.3 Å². The van der Waals surface area contributed by atoms with Crippen LogP contribution >= 0.6 is 0 Å². The minimum absolute atomic E-state index is 0.175. The number of fused-ring (bicyclic) bond motifs is 1. The summed E-state index contributed by atoms with van der Waals surface area (Å²) >= 11 is 0. The molecule has 28 heavy (non-hydrogen) atoms. The Labute approximate surface area is 161 Å². The Balaban J connectivity index is 2.23. The highest BCUT2D eigenvalue weighted by molar-refractivity contribution is 6.01. The van der Waals surface area contributed by atoms with Crippen LogP contribution in [0.15, 0.2) is 36.4 Å². The van der Waals surface area contributed by atoms with E-state index in [0.29, 0.717) is 34.6 Å². The van der Waals surface area contributed by atoms with Crippen molar-refractivity contribution in [2.75, 3.05) is 20.8 Å². The molecule has 3 rings (SSSR count). The maximum Gasteiger partial charge on any atom is 0.291 e. The number of nitrogens with zero attached hydrogens (tertiary/aromatic N) is 3. The van der Waals surface area contributed by atoms with Crippen molar-refractivity contribution in [1.29, 1.82) is 0 Å². The number of nitrogens with two attached hydrogens (primary N) is 1. The topological polar surface area (TPSA) is 90.6 Å². The van der Waals surface area contributed by atoms with Gasteiger partial charge in [-0.25, -0.2) is 10.2 Å². The standard InChI is InChI=1S/C20H21FN4O3/c1-4-10-25(22)20(26)19-18(21)17-14(6-5-7-15(17)23-24-19)13-9-8-12(27-2)11-16(13)28-3/h5-9,11H,4,10,22H2,1-3H3. The zero-order chi connectivity index (χ0) is 20.3. The van der Waals surface area contributed by atoms with E-state index < -0.39 is 17.4 Å². The molecule has 0 saturated carbocycles. The van der Waals surface area contributed by atoms with E-state index >= 15 is 4.39 Å². The summed E-state index contributed by atoms with van der Waals surface area (Å²) < 4.78 is 26.0. The number of rotatable bonds is 6. The summed E-state index contributed by atoms with van der Waals surface area (Å²) in [5, 5.41) is 8.90. The van der Waals surface area contributed by atoms with Crippen molar-refractivity contribution in [1.82, 2.24) is 15.2 Å². The second-order valence-corrected chi connectivity index (χ2v) is 6.13. The van der Waals surface area contributed by atoms with Gasteiger partial charge >= 0.3 is 0 Å². The summed E-state index contributed by atoms with van der Waals surface area (Å²) in [6.07, 6.45) is 0.638. The van der Waals surface area contributed by atoms with Gasteiger partial charge in [-0.1, -0.05) is 19.1 Å². The first-order chi connectivity index (χ1) is 13.5. The van der Waals surface area contributed by atoms with Gasteiger partial charge < -0.3 is 9.47 Å². The second-order valence-electron chi connectivity index (χ2n) is 6.13. The molecule has 0 bridgehead atoms. The minimum atomic E-state index is -0.768. The fourth-order valence-corrected chi connectivity index (χ4v) is 2.98. The lowest BCUT2D eigenvalue weighted by Gasteiger charge is -2.16. The molecule has 1 heterocycles. The van der Waals surface area contributed by atoms with E-state index in [-0.39, 0.29) is 11.9 Å². The van der Waals surface area contributed by atoms with Crippen molar-refractivity contribution in [2.45, 2.75) is 13.3 Å². The molecule has 0 aliphatic carbocycles. The number of methoxy groups -OCH3 is 2. The summed E-state index contributed by atoms with van der Waals surface area (Å²) in [6.45, 7) is 2.15. The molecule has 2 aromatic carbocycles. The third kappa shape index (κ3) is 3.46. The predicted octanol–water partition coefficient (Wildman–Crippen LogP) is 3.18. The van der Waals surface area contributed by atoms with E-state index in [0.717, 1.165) is 5.01 Å². The summed E-state index contributed by atoms with van der Waals surface area (Å²) in [7, 11) is 3.07. The number of benzene rings is 2. The van der Waals surface area contributed by atoms with Gasteiger partial charge in [0.15, 0.2) is 11.5 Å². The highest BCUT2D eigenvalue weighted by Gasteiger charge is 2.23. The summed E-state index contributed by atoms with van der Waals surface area (Å²) in [4.78, 5) is 12.5. The molecule has 1 amide bonds. The fraction of sp³-hybridized carbons (Fsp3) is 0.250. The van der Waals surface area contributed by atoms with Gasteiger partial charge in [-0.3, -0.25) is 9.80 Å². The lowest BCUT2D eigenvalue weighted by Crippen LogP contribution is -2.39. The Morgan fingerprint density at radius 2 is 1.93 bits per heavy atom. The lowest BCUT2D eigenvalue weighted by atomic mass is 9.99. The molecule has 0 aliphatic heterocycles. The van der Waals surface area contributed by atoms with Gasteiger partial charge in [-0.15, -0.1) is 10.2 Å². The highest BCUT2D eigenvalue weighted by atomic mass is 19.1. The number of hydrogen-bond acceptors (Lipinski definition) is 6. The smallest absolute Gasteiger partial charge is 0.291 e.